The first-order valence-electron chi connectivity index (χ1n) is 8.20. The van der Waals surface area contributed by atoms with Crippen molar-refractivity contribution in [2.75, 3.05) is 11.9 Å². The standard InChI is InChI=1S/C18H19F3N2O4S/c1-12(2)23-28(25,26)14-9-7-13(8-10-14)27-11-17(24)22-16-6-4-3-5-15(16)18(19,20)21/h3-10,12,23H,11H2,1-2H3,(H,22,24). The Kier molecular flexibility index (Phi) is 6.68. The van der Waals surface area contributed by atoms with Crippen LogP contribution in [0.2, 0.25) is 0 Å². The Morgan fingerprint density at radius 3 is 2.25 bits per heavy atom. The fraction of sp³-hybridized carbons (Fsp3) is 0.278. The lowest BCUT2D eigenvalue weighted by atomic mass is 10.1. The van der Waals surface area contributed by atoms with Gasteiger partial charge in [0.2, 0.25) is 10.0 Å². The summed E-state index contributed by atoms with van der Waals surface area (Å²) < 4.78 is 70.5. The van der Waals surface area contributed by atoms with Crippen molar-refractivity contribution in [2.24, 2.45) is 0 Å². The molecule has 0 aliphatic carbocycles. The van der Waals surface area contributed by atoms with Crippen molar-refractivity contribution in [3.8, 4) is 5.75 Å². The summed E-state index contributed by atoms with van der Waals surface area (Å²) in [5, 5.41) is 2.15. The van der Waals surface area contributed by atoms with Crippen molar-refractivity contribution >= 4 is 21.6 Å². The Bertz CT molecular complexity index is 927. The molecule has 0 unspecified atom stereocenters. The maximum Gasteiger partial charge on any atom is 0.418 e. The summed E-state index contributed by atoms with van der Waals surface area (Å²) in [7, 11) is -3.66. The molecule has 0 atom stereocenters. The van der Waals surface area contributed by atoms with E-state index in [1.807, 2.05) is 0 Å². The number of hydrogen-bond donors (Lipinski definition) is 2. The first-order chi connectivity index (χ1) is 13.0. The van der Waals surface area contributed by atoms with Crippen molar-refractivity contribution in [1.82, 2.24) is 4.72 Å². The van der Waals surface area contributed by atoms with E-state index >= 15 is 0 Å². The number of para-hydroxylation sites is 1. The number of nitrogens with one attached hydrogen (secondary N) is 2. The molecule has 0 spiro atoms. The molecular weight excluding hydrogens is 397 g/mol. The molecule has 0 heterocycles. The quantitative estimate of drug-likeness (QED) is 0.725. The van der Waals surface area contributed by atoms with Gasteiger partial charge in [-0.1, -0.05) is 12.1 Å². The van der Waals surface area contributed by atoms with Gasteiger partial charge in [-0.25, -0.2) is 13.1 Å². The fourth-order valence-electron chi connectivity index (χ4n) is 2.27. The van der Waals surface area contributed by atoms with Crippen LogP contribution in [0.4, 0.5) is 18.9 Å². The highest BCUT2D eigenvalue weighted by Gasteiger charge is 2.33. The van der Waals surface area contributed by atoms with Gasteiger partial charge in [-0.15, -0.1) is 0 Å². The summed E-state index contributed by atoms with van der Waals surface area (Å²) in [6.45, 7) is 2.83. The van der Waals surface area contributed by atoms with Crippen LogP contribution in [0.1, 0.15) is 19.4 Å². The summed E-state index contributed by atoms with van der Waals surface area (Å²) in [5.74, 6) is -0.586. The van der Waals surface area contributed by atoms with Crippen LogP contribution in [-0.4, -0.2) is 27.0 Å². The van der Waals surface area contributed by atoms with Crippen LogP contribution in [0.15, 0.2) is 53.4 Å². The summed E-state index contributed by atoms with van der Waals surface area (Å²) in [4.78, 5) is 11.9. The number of benzene rings is 2. The maximum atomic E-state index is 12.9. The van der Waals surface area contributed by atoms with Crippen LogP contribution >= 0.6 is 0 Å². The number of carbonyl (C=O) groups excluding carboxylic acids is 1. The summed E-state index contributed by atoms with van der Waals surface area (Å²) in [6, 6.07) is 9.63. The first kappa shape index (κ1) is 21.7. The summed E-state index contributed by atoms with van der Waals surface area (Å²) in [5.41, 5.74) is -1.33. The van der Waals surface area contributed by atoms with Crippen molar-refractivity contribution in [3.63, 3.8) is 0 Å². The van der Waals surface area contributed by atoms with Crippen LogP contribution in [0.3, 0.4) is 0 Å². The zero-order valence-corrected chi connectivity index (χ0v) is 15.9. The molecule has 152 valence electrons. The Morgan fingerprint density at radius 1 is 1.07 bits per heavy atom. The number of carbonyl (C=O) groups is 1. The molecular formula is C18H19F3N2O4S. The number of alkyl halides is 3. The van der Waals surface area contributed by atoms with E-state index in [-0.39, 0.29) is 22.4 Å². The van der Waals surface area contributed by atoms with Crippen molar-refractivity contribution in [3.05, 3.63) is 54.1 Å². The lowest BCUT2D eigenvalue weighted by Gasteiger charge is -2.14. The van der Waals surface area contributed by atoms with Gasteiger partial charge in [0, 0.05) is 6.04 Å². The van der Waals surface area contributed by atoms with Gasteiger partial charge < -0.3 is 10.1 Å². The summed E-state index contributed by atoms with van der Waals surface area (Å²) >= 11 is 0. The third kappa shape index (κ3) is 5.96. The number of sulfonamides is 1. The number of anilines is 1. The molecule has 1 amide bonds. The lowest BCUT2D eigenvalue weighted by molar-refractivity contribution is -0.137. The van der Waals surface area contributed by atoms with Gasteiger partial charge in [-0.05, 0) is 50.2 Å². The number of rotatable bonds is 7. The van der Waals surface area contributed by atoms with E-state index in [1.165, 1.54) is 36.4 Å². The molecule has 10 heteroatoms. The van der Waals surface area contributed by atoms with Gasteiger partial charge in [0.05, 0.1) is 16.1 Å². The van der Waals surface area contributed by atoms with E-state index in [4.69, 9.17) is 4.74 Å². The van der Waals surface area contributed by atoms with E-state index < -0.39 is 34.3 Å². The zero-order valence-electron chi connectivity index (χ0n) is 15.1. The van der Waals surface area contributed by atoms with Crippen molar-refractivity contribution in [1.29, 1.82) is 0 Å². The van der Waals surface area contributed by atoms with Crippen LogP contribution < -0.4 is 14.8 Å². The normalized spacial score (nSPS) is 12.1. The van der Waals surface area contributed by atoms with Gasteiger partial charge in [-0.3, -0.25) is 4.79 Å². The van der Waals surface area contributed by atoms with E-state index in [0.717, 1.165) is 12.1 Å². The molecule has 2 N–H and O–H groups in total. The predicted octanol–water partition coefficient (Wildman–Crippen LogP) is 3.41. The maximum absolute atomic E-state index is 12.9. The molecule has 6 nitrogen and oxygen atoms in total. The average Bonchev–Trinajstić information content (AvgIpc) is 2.59. The molecule has 0 saturated heterocycles. The Labute approximate surface area is 160 Å². The zero-order chi connectivity index (χ0) is 20.9. The number of ether oxygens (including phenoxy) is 1. The number of halogens is 3. The number of hydrogen-bond acceptors (Lipinski definition) is 4. The highest BCUT2D eigenvalue weighted by atomic mass is 32.2. The van der Waals surface area contributed by atoms with Crippen LogP contribution in [0, 0.1) is 0 Å². The largest absolute Gasteiger partial charge is 0.484 e. The minimum atomic E-state index is -4.60. The molecule has 0 fully saturated rings. The molecule has 0 radical (unpaired) electrons. The SMILES string of the molecule is CC(C)NS(=O)(=O)c1ccc(OCC(=O)Nc2ccccc2C(F)(F)F)cc1. The lowest BCUT2D eigenvalue weighted by Crippen LogP contribution is -2.30. The summed E-state index contributed by atoms with van der Waals surface area (Å²) in [6.07, 6.45) is -4.60. The van der Waals surface area contributed by atoms with Gasteiger partial charge in [0.15, 0.2) is 6.61 Å². The van der Waals surface area contributed by atoms with Gasteiger partial charge in [0.25, 0.3) is 5.91 Å². The fourth-order valence-corrected chi connectivity index (χ4v) is 3.52. The van der Waals surface area contributed by atoms with E-state index in [9.17, 15) is 26.4 Å². The molecule has 0 aliphatic rings. The second-order valence-corrected chi connectivity index (χ2v) is 7.84. The average molecular weight is 416 g/mol. The Balaban J connectivity index is 1.99. The van der Waals surface area contributed by atoms with E-state index in [0.29, 0.717) is 0 Å². The predicted molar refractivity (Wildman–Crippen MR) is 97.5 cm³/mol. The van der Waals surface area contributed by atoms with Crippen molar-refractivity contribution < 1.29 is 31.1 Å². The van der Waals surface area contributed by atoms with Crippen LogP contribution in [0.5, 0.6) is 5.75 Å². The van der Waals surface area contributed by atoms with Crippen molar-refractivity contribution in [2.45, 2.75) is 31.0 Å². The monoisotopic (exact) mass is 416 g/mol. The molecule has 0 aliphatic heterocycles. The topological polar surface area (TPSA) is 84.5 Å². The minimum Gasteiger partial charge on any atom is -0.484 e. The molecule has 28 heavy (non-hydrogen) atoms. The third-order valence-electron chi connectivity index (χ3n) is 3.40. The van der Waals surface area contributed by atoms with E-state index in [2.05, 4.69) is 10.0 Å². The van der Waals surface area contributed by atoms with Crippen LogP contribution in [0.25, 0.3) is 0 Å². The van der Waals surface area contributed by atoms with Gasteiger partial charge in [0.1, 0.15) is 5.75 Å². The molecule has 0 saturated carbocycles. The molecule has 0 bridgehead atoms. The van der Waals surface area contributed by atoms with E-state index in [1.54, 1.807) is 13.8 Å². The smallest absolute Gasteiger partial charge is 0.418 e. The van der Waals surface area contributed by atoms with Crippen LogP contribution in [-0.2, 0) is 21.0 Å². The highest BCUT2D eigenvalue weighted by Crippen LogP contribution is 2.34. The molecule has 0 aromatic heterocycles. The second kappa shape index (κ2) is 8.61. The Morgan fingerprint density at radius 2 is 1.68 bits per heavy atom. The Hall–Kier alpha value is -2.59. The highest BCUT2D eigenvalue weighted by molar-refractivity contribution is 7.89. The number of amides is 1. The first-order valence-corrected chi connectivity index (χ1v) is 9.68. The minimum absolute atomic E-state index is 0.0251. The second-order valence-electron chi connectivity index (χ2n) is 6.13. The van der Waals surface area contributed by atoms with Gasteiger partial charge >= 0.3 is 6.18 Å². The molecule has 2 aromatic carbocycles. The molecule has 2 rings (SSSR count). The third-order valence-corrected chi connectivity index (χ3v) is 5.08. The molecule has 2 aromatic rings. The van der Waals surface area contributed by atoms with Gasteiger partial charge in [-0.2, -0.15) is 13.2 Å².